The van der Waals surface area contributed by atoms with Crippen molar-refractivity contribution in [1.29, 1.82) is 0 Å². The van der Waals surface area contributed by atoms with E-state index in [1.807, 2.05) is 10.8 Å². The minimum Gasteiger partial charge on any atom is -0.390 e. The third-order valence-electron chi connectivity index (χ3n) is 3.10. The molecule has 0 spiro atoms. The highest BCUT2D eigenvalue weighted by atomic mass is 32.2. The fraction of sp³-hybridized carbons (Fsp3) is 0.400. The smallest absolute Gasteiger partial charge is 0.168 e. The van der Waals surface area contributed by atoms with Crippen LogP contribution in [0.4, 0.5) is 4.39 Å². The first-order valence-electron chi connectivity index (χ1n) is 6.70. The SMILES string of the molecule is CCC(C)Sc1nc(CO)cn1Cc1ccc(F)cc1. The molecule has 2 rings (SSSR count). The Morgan fingerprint density at radius 3 is 2.65 bits per heavy atom. The van der Waals surface area contributed by atoms with E-state index in [0.29, 0.717) is 17.5 Å². The Morgan fingerprint density at radius 1 is 1.35 bits per heavy atom. The van der Waals surface area contributed by atoms with Gasteiger partial charge in [0.05, 0.1) is 12.3 Å². The van der Waals surface area contributed by atoms with E-state index in [-0.39, 0.29) is 12.4 Å². The molecule has 1 aromatic carbocycles. The predicted octanol–water partition coefficient (Wildman–Crippen LogP) is 3.45. The summed E-state index contributed by atoms with van der Waals surface area (Å²) in [7, 11) is 0. The number of halogens is 1. The van der Waals surface area contributed by atoms with Crippen molar-refractivity contribution < 1.29 is 9.50 Å². The van der Waals surface area contributed by atoms with Crippen LogP contribution in [0.5, 0.6) is 0 Å². The summed E-state index contributed by atoms with van der Waals surface area (Å²) in [5.41, 5.74) is 1.68. The molecule has 0 aliphatic rings. The Morgan fingerprint density at radius 2 is 2.05 bits per heavy atom. The fourth-order valence-electron chi connectivity index (χ4n) is 1.78. The number of imidazole rings is 1. The molecule has 1 heterocycles. The molecule has 3 nitrogen and oxygen atoms in total. The average molecular weight is 294 g/mol. The van der Waals surface area contributed by atoms with Crippen LogP contribution in [0.15, 0.2) is 35.6 Å². The first-order chi connectivity index (χ1) is 9.62. The van der Waals surface area contributed by atoms with Gasteiger partial charge in [-0.25, -0.2) is 9.37 Å². The summed E-state index contributed by atoms with van der Waals surface area (Å²) < 4.78 is 14.9. The first kappa shape index (κ1) is 15.1. The lowest BCUT2D eigenvalue weighted by Crippen LogP contribution is -2.03. The van der Waals surface area contributed by atoms with Crippen LogP contribution >= 0.6 is 11.8 Å². The molecule has 0 fully saturated rings. The number of hydrogen-bond donors (Lipinski definition) is 1. The van der Waals surface area contributed by atoms with Crippen LogP contribution in [-0.2, 0) is 13.2 Å². The van der Waals surface area contributed by atoms with Gasteiger partial charge in [0.2, 0.25) is 0 Å². The summed E-state index contributed by atoms with van der Waals surface area (Å²) in [6.07, 6.45) is 2.91. The van der Waals surface area contributed by atoms with Gasteiger partial charge in [-0.3, -0.25) is 0 Å². The van der Waals surface area contributed by atoms with Gasteiger partial charge in [0.1, 0.15) is 5.82 Å². The normalized spacial score (nSPS) is 12.6. The van der Waals surface area contributed by atoms with Crippen LogP contribution in [0.25, 0.3) is 0 Å². The maximum atomic E-state index is 12.9. The number of aromatic nitrogens is 2. The molecule has 0 saturated heterocycles. The monoisotopic (exact) mass is 294 g/mol. The number of benzene rings is 1. The summed E-state index contributed by atoms with van der Waals surface area (Å²) in [6.45, 7) is 4.86. The molecule has 108 valence electrons. The summed E-state index contributed by atoms with van der Waals surface area (Å²) >= 11 is 1.70. The third kappa shape index (κ3) is 3.84. The number of hydrogen-bond acceptors (Lipinski definition) is 3. The van der Waals surface area contributed by atoms with Crippen LogP contribution in [-0.4, -0.2) is 19.9 Å². The molecule has 1 N–H and O–H groups in total. The molecule has 0 radical (unpaired) electrons. The molecule has 1 unspecified atom stereocenters. The topological polar surface area (TPSA) is 38.1 Å². The van der Waals surface area contributed by atoms with E-state index in [4.69, 9.17) is 0 Å². The second-order valence-electron chi connectivity index (χ2n) is 4.76. The summed E-state index contributed by atoms with van der Waals surface area (Å²) in [6, 6.07) is 6.46. The fourth-order valence-corrected chi connectivity index (χ4v) is 2.73. The van der Waals surface area contributed by atoms with Gasteiger partial charge in [-0.05, 0) is 24.1 Å². The van der Waals surface area contributed by atoms with Crippen LogP contribution < -0.4 is 0 Å². The number of thioether (sulfide) groups is 1. The van der Waals surface area contributed by atoms with E-state index in [2.05, 4.69) is 18.8 Å². The van der Waals surface area contributed by atoms with Crippen molar-refractivity contribution in [3.63, 3.8) is 0 Å². The van der Waals surface area contributed by atoms with Crippen molar-refractivity contribution in [3.05, 3.63) is 47.5 Å². The van der Waals surface area contributed by atoms with Crippen molar-refractivity contribution in [1.82, 2.24) is 9.55 Å². The van der Waals surface area contributed by atoms with Crippen molar-refractivity contribution in [2.75, 3.05) is 0 Å². The van der Waals surface area contributed by atoms with Crippen LogP contribution in [0.1, 0.15) is 31.5 Å². The van der Waals surface area contributed by atoms with E-state index >= 15 is 0 Å². The van der Waals surface area contributed by atoms with Crippen LogP contribution in [0.2, 0.25) is 0 Å². The Balaban J connectivity index is 2.20. The Hall–Kier alpha value is -1.33. The number of nitrogens with zero attached hydrogens (tertiary/aromatic N) is 2. The van der Waals surface area contributed by atoms with Crippen molar-refractivity contribution in [2.24, 2.45) is 0 Å². The lowest BCUT2D eigenvalue weighted by molar-refractivity contribution is 0.277. The van der Waals surface area contributed by atoms with Crippen molar-refractivity contribution in [3.8, 4) is 0 Å². The number of rotatable bonds is 6. The molecule has 2 aromatic rings. The maximum absolute atomic E-state index is 12.9. The zero-order valence-electron chi connectivity index (χ0n) is 11.7. The average Bonchev–Trinajstić information content (AvgIpc) is 2.83. The van der Waals surface area contributed by atoms with Gasteiger partial charge in [0.15, 0.2) is 5.16 Å². The molecular formula is C15H19FN2OS. The molecule has 0 aliphatic heterocycles. The second-order valence-corrected chi connectivity index (χ2v) is 6.17. The van der Waals surface area contributed by atoms with Gasteiger partial charge in [-0.2, -0.15) is 0 Å². The highest BCUT2D eigenvalue weighted by Crippen LogP contribution is 2.25. The molecule has 1 aromatic heterocycles. The summed E-state index contributed by atoms with van der Waals surface area (Å²) in [5, 5.41) is 10.6. The highest BCUT2D eigenvalue weighted by molar-refractivity contribution is 7.99. The first-order valence-corrected chi connectivity index (χ1v) is 7.58. The Kier molecular flexibility index (Phi) is 5.20. The van der Waals surface area contributed by atoms with Gasteiger partial charge in [-0.15, -0.1) is 0 Å². The molecular weight excluding hydrogens is 275 g/mol. The van der Waals surface area contributed by atoms with Gasteiger partial charge in [0, 0.05) is 18.0 Å². The van der Waals surface area contributed by atoms with E-state index < -0.39 is 0 Å². The van der Waals surface area contributed by atoms with Crippen LogP contribution in [0.3, 0.4) is 0 Å². The zero-order chi connectivity index (χ0) is 14.5. The quantitative estimate of drug-likeness (QED) is 0.829. The number of aliphatic hydroxyl groups excluding tert-OH is 1. The second kappa shape index (κ2) is 6.90. The van der Waals surface area contributed by atoms with Gasteiger partial charge < -0.3 is 9.67 Å². The van der Waals surface area contributed by atoms with E-state index in [9.17, 15) is 9.50 Å². The highest BCUT2D eigenvalue weighted by Gasteiger charge is 2.11. The minimum absolute atomic E-state index is 0.0650. The molecule has 0 saturated carbocycles. The Labute approximate surface area is 122 Å². The van der Waals surface area contributed by atoms with Gasteiger partial charge >= 0.3 is 0 Å². The lowest BCUT2D eigenvalue weighted by atomic mass is 10.2. The Bertz CT molecular complexity index is 554. The van der Waals surface area contributed by atoms with Crippen molar-refractivity contribution >= 4 is 11.8 Å². The lowest BCUT2D eigenvalue weighted by Gasteiger charge is -2.10. The molecule has 0 aliphatic carbocycles. The molecule has 1 atom stereocenters. The van der Waals surface area contributed by atoms with E-state index in [1.54, 1.807) is 23.9 Å². The van der Waals surface area contributed by atoms with Gasteiger partial charge in [0.25, 0.3) is 0 Å². The van der Waals surface area contributed by atoms with E-state index in [1.165, 1.54) is 12.1 Å². The maximum Gasteiger partial charge on any atom is 0.168 e. The molecule has 0 bridgehead atoms. The van der Waals surface area contributed by atoms with Crippen LogP contribution in [0, 0.1) is 5.82 Å². The molecule has 5 heteroatoms. The van der Waals surface area contributed by atoms with Crippen molar-refractivity contribution in [2.45, 2.75) is 43.8 Å². The third-order valence-corrected chi connectivity index (χ3v) is 4.37. The summed E-state index contributed by atoms with van der Waals surface area (Å²) in [4.78, 5) is 4.43. The van der Waals surface area contributed by atoms with Gasteiger partial charge in [-0.1, -0.05) is 37.7 Å². The van der Waals surface area contributed by atoms with E-state index in [0.717, 1.165) is 17.1 Å². The summed E-state index contributed by atoms with van der Waals surface area (Å²) in [5.74, 6) is -0.232. The minimum atomic E-state index is -0.232. The molecule has 20 heavy (non-hydrogen) atoms. The predicted molar refractivity (Wildman–Crippen MR) is 79.3 cm³/mol. The number of aliphatic hydroxyl groups is 1. The standard InChI is InChI=1S/C15H19FN2OS/c1-3-11(2)20-15-17-14(10-19)9-18(15)8-12-4-6-13(16)7-5-12/h4-7,9,11,19H,3,8,10H2,1-2H3. The molecule has 0 amide bonds. The largest absolute Gasteiger partial charge is 0.390 e. The zero-order valence-corrected chi connectivity index (χ0v) is 12.5.